The van der Waals surface area contributed by atoms with Gasteiger partial charge in [0.1, 0.15) is 11.4 Å². The van der Waals surface area contributed by atoms with E-state index in [1.807, 2.05) is 19.1 Å². The van der Waals surface area contributed by atoms with Crippen LogP contribution in [0.2, 0.25) is 0 Å². The predicted molar refractivity (Wildman–Crippen MR) is 133 cm³/mol. The Morgan fingerprint density at radius 3 is 2.03 bits per heavy atom. The lowest BCUT2D eigenvalue weighted by Crippen LogP contribution is -2.32. The maximum absolute atomic E-state index is 13.5. The number of anilines is 3. The maximum Gasteiger partial charge on any atom is 0.282 e. The van der Waals surface area contributed by atoms with Crippen LogP contribution in [0.1, 0.15) is 25.0 Å². The van der Waals surface area contributed by atoms with Crippen LogP contribution in [0.15, 0.2) is 78.5 Å². The average molecular weight is 456 g/mol. The fourth-order valence-corrected chi connectivity index (χ4v) is 3.77. The van der Waals surface area contributed by atoms with Crippen molar-refractivity contribution in [2.24, 2.45) is 0 Å². The summed E-state index contributed by atoms with van der Waals surface area (Å²) in [6.07, 6.45) is 0.860. The molecule has 1 heterocycles. The lowest BCUT2D eigenvalue weighted by Gasteiger charge is -2.16. The molecule has 0 saturated heterocycles. The Kier molecular flexibility index (Phi) is 6.45. The van der Waals surface area contributed by atoms with Gasteiger partial charge in [0.05, 0.1) is 18.4 Å². The van der Waals surface area contributed by atoms with Crippen LogP contribution in [0.5, 0.6) is 5.75 Å². The van der Waals surface area contributed by atoms with Gasteiger partial charge in [-0.05, 0) is 66.1 Å². The third kappa shape index (κ3) is 4.54. The quantitative estimate of drug-likeness (QED) is 0.508. The number of amides is 3. The largest absolute Gasteiger partial charge is 0.497 e. The van der Waals surface area contributed by atoms with E-state index in [1.165, 1.54) is 11.8 Å². The van der Waals surface area contributed by atoms with Crippen molar-refractivity contribution in [3.05, 3.63) is 89.6 Å². The first kappa shape index (κ1) is 22.8. The van der Waals surface area contributed by atoms with Crippen molar-refractivity contribution in [3.8, 4) is 5.75 Å². The van der Waals surface area contributed by atoms with Gasteiger partial charge in [0.25, 0.3) is 11.8 Å². The molecule has 3 aromatic rings. The first-order chi connectivity index (χ1) is 16.4. The SMILES string of the molecule is CCc1ccc(N2C(=O)C(Nc3ccc(NC(C)=O)cc3)=C(c3ccc(OC)cc3)C2=O)cc1. The Balaban J connectivity index is 1.73. The van der Waals surface area contributed by atoms with Crippen LogP contribution in [0.3, 0.4) is 0 Å². The van der Waals surface area contributed by atoms with Crippen molar-refractivity contribution in [1.29, 1.82) is 0 Å². The molecule has 0 bridgehead atoms. The second kappa shape index (κ2) is 9.62. The van der Waals surface area contributed by atoms with E-state index in [-0.39, 0.29) is 17.2 Å². The summed E-state index contributed by atoms with van der Waals surface area (Å²) in [6, 6.07) is 21.3. The predicted octanol–water partition coefficient (Wildman–Crippen LogP) is 4.61. The second-order valence-corrected chi connectivity index (χ2v) is 7.83. The Bertz CT molecular complexity index is 1260. The number of rotatable bonds is 7. The monoisotopic (exact) mass is 455 g/mol. The van der Waals surface area contributed by atoms with Crippen LogP contribution >= 0.6 is 0 Å². The van der Waals surface area contributed by atoms with Gasteiger partial charge in [-0.15, -0.1) is 0 Å². The first-order valence-electron chi connectivity index (χ1n) is 10.9. The normalized spacial score (nSPS) is 13.3. The molecule has 0 atom stereocenters. The molecule has 7 heteroatoms. The van der Waals surface area contributed by atoms with E-state index < -0.39 is 11.8 Å². The van der Waals surface area contributed by atoms with E-state index in [4.69, 9.17) is 4.74 Å². The smallest absolute Gasteiger partial charge is 0.282 e. The molecule has 0 fully saturated rings. The molecule has 1 aliphatic heterocycles. The molecule has 0 aromatic heterocycles. The van der Waals surface area contributed by atoms with E-state index in [1.54, 1.807) is 67.8 Å². The van der Waals surface area contributed by atoms with Crippen molar-refractivity contribution < 1.29 is 19.1 Å². The molecule has 0 unspecified atom stereocenters. The van der Waals surface area contributed by atoms with Gasteiger partial charge >= 0.3 is 0 Å². The summed E-state index contributed by atoms with van der Waals surface area (Å²) in [4.78, 5) is 39.5. The highest BCUT2D eigenvalue weighted by atomic mass is 16.5. The van der Waals surface area contributed by atoms with Crippen LogP contribution in [0.25, 0.3) is 5.57 Å². The van der Waals surface area contributed by atoms with Crippen molar-refractivity contribution in [1.82, 2.24) is 0 Å². The van der Waals surface area contributed by atoms with Crippen molar-refractivity contribution in [2.45, 2.75) is 20.3 Å². The molecule has 7 nitrogen and oxygen atoms in total. The second-order valence-electron chi connectivity index (χ2n) is 7.83. The van der Waals surface area contributed by atoms with Crippen molar-refractivity contribution >= 4 is 40.4 Å². The Morgan fingerprint density at radius 1 is 0.853 bits per heavy atom. The van der Waals surface area contributed by atoms with Gasteiger partial charge in [0, 0.05) is 18.3 Å². The van der Waals surface area contributed by atoms with Gasteiger partial charge in [-0.25, -0.2) is 4.90 Å². The van der Waals surface area contributed by atoms with E-state index in [2.05, 4.69) is 10.6 Å². The number of carbonyl (C=O) groups is 3. The van der Waals surface area contributed by atoms with Crippen LogP contribution in [0.4, 0.5) is 17.1 Å². The highest BCUT2D eigenvalue weighted by molar-refractivity contribution is 6.46. The highest BCUT2D eigenvalue weighted by Crippen LogP contribution is 2.34. The molecule has 3 aromatic carbocycles. The van der Waals surface area contributed by atoms with Gasteiger partial charge in [-0.2, -0.15) is 0 Å². The number of imide groups is 1. The highest BCUT2D eigenvalue weighted by Gasteiger charge is 2.40. The first-order valence-corrected chi connectivity index (χ1v) is 10.9. The fourth-order valence-electron chi connectivity index (χ4n) is 3.77. The summed E-state index contributed by atoms with van der Waals surface area (Å²) in [7, 11) is 1.57. The molecule has 0 spiro atoms. The Labute approximate surface area is 198 Å². The molecule has 2 N–H and O–H groups in total. The third-order valence-electron chi connectivity index (χ3n) is 5.54. The maximum atomic E-state index is 13.5. The number of hydrogen-bond donors (Lipinski definition) is 2. The third-order valence-corrected chi connectivity index (χ3v) is 5.54. The van der Waals surface area contributed by atoms with Gasteiger partial charge in [-0.1, -0.05) is 31.2 Å². The summed E-state index contributed by atoms with van der Waals surface area (Å²) < 4.78 is 5.23. The molecule has 1 aliphatic rings. The average Bonchev–Trinajstić information content (AvgIpc) is 3.09. The van der Waals surface area contributed by atoms with E-state index in [0.29, 0.717) is 28.4 Å². The summed E-state index contributed by atoms with van der Waals surface area (Å²) in [5, 5.41) is 5.83. The van der Waals surface area contributed by atoms with Crippen LogP contribution in [-0.4, -0.2) is 24.8 Å². The standard InChI is InChI=1S/C27H25N3O4/c1-4-18-5-13-22(14-6-18)30-26(32)24(19-7-15-23(34-3)16-8-19)25(27(30)33)29-21-11-9-20(10-12-21)28-17(2)31/h5-16,29H,4H2,1-3H3,(H,28,31). The molecular formula is C27H25N3O4. The minimum Gasteiger partial charge on any atom is -0.497 e. The van der Waals surface area contributed by atoms with E-state index in [0.717, 1.165) is 12.0 Å². The van der Waals surface area contributed by atoms with Gasteiger partial charge < -0.3 is 15.4 Å². The minimum atomic E-state index is -0.439. The molecule has 0 radical (unpaired) electrons. The number of benzene rings is 3. The fraction of sp³-hybridized carbons (Fsp3) is 0.148. The molecule has 4 rings (SSSR count). The number of ether oxygens (including phenoxy) is 1. The number of nitrogens with zero attached hydrogens (tertiary/aromatic N) is 1. The van der Waals surface area contributed by atoms with E-state index >= 15 is 0 Å². The van der Waals surface area contributed by atoms with Crippen molar-refractivity contribution in [2.75, 3.05) is 22.6 Å². The molecule has 0 aliphatic carbocycles. The lowest BCUT2D eigenvalue weighted by molar-refractivity contribution is -0.120. The van der Waals surface area contributed by atoms with Gasteiger partial charge in [0.2, 0.25) is 5.91 Å². The minimum absolute atomic E-state index is 0.175. The zero-order valence-corrected chi connectivity index (χ0v) is 19.2. The number of aryl methyl sites for hydroxylation is 1. The lowest BCUT2D eigenvalue weighted by atomic mass is 10.0. The number of nitrogens with one attached hydrogen (secondary N) is 2. The number of hydrogen-bond acceptors (Lipinski definition) is 5. The topological polar surface area (TPSA) is 87.7 Å². The molecule has 0 saturated carbocycles. The molecule has 34 heavy (non-hydrogen) atoms. The van der Waals surface area contributed by atoms with Crippen LogP contribution < -0.4 is 20.3 Å². The van der Waals surface area contributed by atoms with Gasteiger partial charge in [-0.3, -0.25) is 14.4 Å². The molecule has 172 valence electrons. The Hall–Kier alpha value is -4.39. The summed E-state index contributed by atoms with van der Waals surface area (Å²) in [5.41, 5.74) is 3.93. The number of carbonyl (C=O) groups excluding carboxylic acids is 3. The molecule has 3 amide bonds. The summed E-state index contributed by atoms with van der Waals surface area (Å²) in [6.45, 7) is 3.48. The molecular weight excluding hydrogens is 430 g/mol. The summed E-state index contributed by atoms with van der Waals surface area (Å²) in [5.74, 6) is -0.370. The number of methoxy groups -OCH3 is 1. The van der Waals surface area contributed by atoms with E-state index in [9.17, 15) is 14.4 Å². The Morgan fingerprint density at radius 2 is 1.47 bits per heavy atom. The zero-order chi connectivity index (χ0) is 24.2. The van der Waals surface area contributed by atoms with Crippen LogP contribution in [0, 0.1) is 0 Å². The van der Waals surface area contributed by atoms with Crippen molar-refractivity contribution in [3.63, 3.8) is 0 Å². The zero-order valence-electron chi connectivity index (χ0n) is 19.2. The summed E-state index contributed by atoms with van der Waals surface area (Å²) >= 11 is 0. The van der Waals surface area contributed by atoms with Gasteiger partial charge in [0.15, 0.2) is 0 Å². The van der Waals surface area contributed by atoms with Crippen LogP contribution in [-0.2, 0) is 20.8 Å².